The lowest BCUT2D eigenvalue weighted by molar-refractivity contribution is -0.118. The van der Waals surface area contributed by atoms with Crippen LogP contribution in [0.2, 0.25) is 0 Å². The van der Waals surface area contributed by atoms with Crippen LogP contribution in [0.25, 0.3) is 0 Å². The number of carbonyl (C=O) groups excluding carboxylic acids is 2. The standard InChI is InChI=1S/C22H29N3O5S/c1-5-25(2)17-10-8-9-16(15-17)23-22(27)19(13-14-31(4,28)29)24-21(26)18-11-6-7-12-20(18)30-3/h6-12,15,19H,5,13-14H2,1-4H3,(H,23,27)(H,24,26). The summed E-state index contributed by atoms with van der Waals surface area (Å²) in [5, 5.41) is 5.42. The van der Waals surface area contributed by atoms with Gasteiger partial charge in [-0.1, -0.05) is 18.2 Å². The van der Waals surface area contributed by atoms with Crippen molar-refractivity contribution in [3.8, 4) is 5.75 Å². The van der Waals surface area contributed by atoms with Gasteiger partial charge >= 0.3 is 0 Å². The van der Waals surface area contributed by atoms with Crippen molar-refractivity contribution < 1.29 is 22.7 Å². The summed E-state index contributed by atoms with van der Waals surface area (Å²) in [6.45, 7) is 2.81. The molecule has 0 aliphatic heterocycles. The fourth-order valence-electron chi connectivity index (χ4n) is 2.90. The molecular weight excluding hydrogens is 418 g/mol. The zero-order valence-electron chi connectivity index (χ0n) is 18.2. The molecule has 8 nitrogen and oxygen atoms in total. The van der Waals surface area contributed by atoms with Crippen molar-refractivity contribution in [2.24, 2.45) is 0 Å². The fraction of sp³-hybridized carbons (Fsp3) is 0.364. The molecular formula is C22H29N3O5S. The second kappa shape index (κ2) is 10.8. The number of carbonyl (C=O) groups is 2. The number of ether oxygens (including phenoxy) is 1. The van der Waals surface area contributed by atoms with Crippen LogP contribution in [-0.4, -0.2) is 59.0 Å². The van der Waals surface area contributed by atoms with Gasteiger partial charge in [0.1, 0.15) is 21.6 Å². The van der Waals surface area contributed by atoms with Gasteiger partial charge in [0.25, 0.3) is 5.91 Å². The lowest BCUT2D eigenvalue weighted by Gasteiger charge is -2.20. The van der Waals surface area contributed by atoms with Crippen molar-refractivity contribution in [2.45, 2.75) is 19.4 Å². The number of anilines is 2. The zero-order valence-corrected chi connectivity index (χ0v) is 19.0. The zero-order chi connectivity index (χ0) is 23.0. The van der Waals surface area contributed by atoms with Gasteiger partial charge in [0.05, 0.1) is 18.4 Å². The van der Waals surface area contributed by atoms with E-state index in [0.717, 1.165) is 18.5 Å². The second-order valence-electron chi connectivity index (χ2n) is 7.20. The van der Waals surface area contributed by atoms with E-state index in [-0.39, 0.29) is 17.7 Å². The molecule has 2 aromatic rings. The summed E-state index contributed by atoms with van der Waals surface area (Å²) in [5.74, 6) is -0.901. The summed E-state index contributed by atoms with van der Waals surface area (Å²) < 4.78 is 28.5. The highest BCUT2D eigenvalue weighted by Crippen LogP contribution is 2.20. The van der Waals surface area contributed by atoms with Crippen LogP contribution in [0.4, 0.5) is 11.4 Å². The van der Waals surface area contributed by atoms with Crippen LogP contribution < -0.4 is 20.3 Å². The molecule has 0 bridgehead atoms. The molecule has 168 valence electrons. The van der Waals surface area contributed by atoms with Gasteiger partial charge in [0, 0.05) is 31.2 Å². The normalized spacial score (nSPS) is 12.0. The Kier molecular flexibility index (Phi) is 8.44. The quantitative estimate of drug-likeness (QED) is 0.579. The summed E-state index contributed by atoms with van der Waals surface area (Å²) in [5.41, 5.74) is 1.73. The monoisotopic (exact) mass is 447 g/mol. The predicted molar refractivity (Wildman–Crippen MR) is 123 cm³/mol. The van der Waals surface area contributed by atoms with Crippen molar-refractivity contribution in [1.82, 2.24) is 5.32 Å². The highest BCUT2D eigenvalue weighted by atomic mass is 32.2. The molecule has 31 heavy (non-hydrogen) atoms. The summed E-state index contributed by atoms with van der Waals surface area (Å²) in [4.78, 5) is 27.7. The summed E-state index contributed by atoms with van der Waals surface area (Å²) in [6, 6.07) is 12.9. The van der Waals surface area contributed by atoms with Gasteiger partial charge in [-0.2, -0.15) is 0 Å². The van der Waals surface area contributed by atoms with Crippen molar-refractivity contribution >= 4 is 33.0 Å². The lowest BCUT2D eigenvalue weighted by Crippen LogP contribution is -2.44. The molecule has 0 saturated carbocycles. The van der Waals surface area contributed by atoms with E-state index < -0.39 is 27.7 Å². The number of methoxy groups -OCH3 is 1. The molecule has 2 aromatic carbocycles. The Labute approximate surface area is 183 Å². The van der Waals surface area contributed by atoms with Crippen LogP contribution in [0.15, 0.2) is 48.5 Å². The van der Waals surface area contributed by atoms with Crippen molar-refractivity contribution in [3.63, 3.8) is 0 Å². The minimum Gasteiger partial charge on any atom is -0.496 e. The number of nitrogens with zero attached hydrogens (tertiary/aromatic N) is 1. The van der Waals surface area contributed by atoms with Gasteiger partial charge in [0.2, 0.25) is 5.91 Å². The molecule has 0 aromatic heterocycles. The van der Waals surface area contributed by atoms with Gasteiger partial charge in [-0.25, -0.2) is 8.42 Å². The smallest absolute Gasteiger partial charge is 0.255 e. The van der Waals surface area contributed by atoms with E-state index in [1.54, 1.807) is 30.3 Å². The molecule has 2 amide bonds. The van der Waals surface area contributed by atoms with E-state index in [4.69, 9.17) is 4.74 Å². The van der Waals surface area contributed by atoms with Gasteiger partial charge in [0.15, 0.2) is 0 Å². The van der Waals surface area contributed by atoms with Crippen LogP contribution in [-0.2, 0) is 14.6 Å². The molecule has 0 heterocycles. The Morgan fingerprint density at radius 2 is 1.84 bits per heavy atom. The number of para-hydroxylation sites is 1. The Morgan fingerprint density at radius 1 is 1.13 bits per heavy atom. The Bertz CT molecular complexity index is 1020. The fourth-order valence-corrected chi connectivity index (χ4v) is 3.57. The number of hydrogen-bond donors (Lipinski definition) is 2. The number of sulfone groups is 1. The average molecular weight is 448 g/mol. The minimum absolute atomic E-state index is 0.0554. The van der Waals surface area contributed by atoms with Crippen LogP contribution in [0.3, 0.4) is 0 Å². The van der Waals surface area contributed by atoms with Gasteiger partial charge in [-0.05, 0) is 43.7 Å². The maximum atomic E-state index is 12.9. The van der Waals surface area contributed by atoms with Gasteiger partial charge < -0.3 is 20.3 Å². The molecule has 1 atom stereocenters. The van der Waals surface area contributed by atoms with Crippen molar-refractivity contribution in [1.29, 1.82) is 0 Å². The number of hydrogen-bond acceptors (Lipinski definition) is 6. The van der Waals surface area contributed by atoms with Crippen LogP contribution in [0, 0.1) is 0 Å². The van der Waals surface area contributed by atoms with Crippen LogP contribution >= 0.6 is 0 Å². The molecule has 2 rings (SSSR count). The summed E-state index contributed by atoms with van der Waals surface area (Å²) >= 11 is 0. The number of benzene rings is 2. The van der Waals surface area contributed by atoms with E-state index in [9.17, 15) is 18.0 Å². The molecule has 2 N–H and O–H groups in total. The lowest BCUT2D eigenvalue weighted by atomic mass is 10.1. The first kappa shape index (κ1) is 24.2. The molecule has 0 radical (unpaired) electrons. The molecule has 0 saturated heterocycles. The average Bonchev–Trinajstić information content (AvgIpc) is 2.75. The first-order chi connectivity index (χ1) is 14.6. The van der Waals surface area contributed by atoms with E-state index in [0.29, 0.717) is 11.4 Å². The second-order valence-corrected chi connectivity index (χ2v) is 9.46. The Balaban J connectivity index is 2.22. The summed E-state index contributed by atoms with van der Waals surface area (Å²) in [6.07, 6.45) is 1.04. The summed E-state index contributed by atoms with van der Waals surface area (Å²) in [7, 11) is 0.0557. The number of amides is 2. The third-order valence-corrected chi connectivity index (χ3v) is 5.76. The van der Waals surface area contributed by atoms with Crippen LogP contribution in [0.5, 0.6) is 5.75 Å². The molecule has 0 fully saturated rings. The maximum Gasteiger partial charge on any atom is 0.255 e. The molecule has 0 aliphatic rings. The number of nitrogens with one attached hydrogen (secondary N) is 2. The van der Waals surface area contributed by atoms with E-state index >= 15 is 0 Å². The van der Waals surface area contributed by atoms with E-state index in [1.165, 1.54) is 7.11 Å². The maximum absolute atomic E-state index is 12.9. The molecule has 1 unspecified atom stereocenters. The van der Waals surface area contributed by atoms with Gasteiger partial charge in [-0.15, -0.1) is 0 Å². The van der Waals surface area contributed by atoms with Crippen molar-refractivity contribution in [2.75, 3.05) is 42.9 Å². The molecule has 0 spiro atoms. The number of rotatable bonds is 10. The van der Waals surface area contributed by atoms with E-state index in [1.807, 2.05) is 37.1 Å². The largest absolute Gasteiger partial charge is 0.496 e. The molecule has 9 heteroatoms. The predicted octanol–water partition coefficient (Wildman–Crippen LogP) is 2.32. The highest BCUT2D eigenvalue weighted by molar-refractivity contribution is 7.90. The third-order valence-electron chi connectivity index (χ3n) is 4.78. The highest BCUT2D eigenvalue weighted by Gasteiger charge is 2.24. The van der Waals surface area contributed by atoms with Crippen LogP contribution in [0.1, 0.15) is 23.7 Å². The van der Waals surface area contributed by atoms with Gasteiger partial charge in [-0.3, -0.25) is 9.59 Å². The third kappa shape index (κ3) is 7.29. The topological polar surface area (TPSA) is 105 Å². The van der Waals surface area contributed by atoms with E-state index in [2.05, 4.69) is 10.6 Å². The van der Waals surface area contributed by atoms with Crippen molar-refractivity contribution in [3.05, 3.63) is 54.1 Å². The Hall–Kier alpha value is -3.07. The first-order valence-electron chi connectivity index (χ1n) is 9.88. The minimum atomic E-state index is -3.32. The Morgan fingerprint density at radius 3 is 2.48 bits per heavy atom. The molecule has 0 aliphatic carbocycles. The SMILES string of the molecule is CCN(C)c1cccc(NC(=O)C(CCS(C)(=O)=O)NC(=O)c2ccccc2OC)c1. The first-order valence-corrected chi connectivity index (χ1v) is 11.9.